The molecule has 6 heteroatoms. The van der Waals surface area contributed by atoms with Gasteiger partial charge in [-0.3, -0.25) is 4.79 Å². The lowest BCUT2D eigenvalue weighted by atomic mass is 9.97. The Balaban J connectivity index is 1.47. The van der Waals surface area contributed by atoms with Crippen molar-refractivity contribution in [3.05, 3.63) is 108 Å². The van der Waals surface area contributed by atoms with Crippen LogP contribution in [-0.4, -0.2) is 20.0 Å². The van der Waals surface area contributed by atoms with Crippen LogP contribution in [0.25, 0.3) is 20.5 Å². The highest BCUT2D eigenvalue weighted by Crippen LogP contribution is 2.41. The molecule has 5 aromatic rings. The summed E-state index contributed by atoms with van der Waals surface area (Å²) in [6.07, 6.45) is 0. The van der Waals surface area contributed by atoms with Gasteiger partial charge in [-0.05, 0) is 90.0 Å². The predicted octanol–water partition coefficient (Wildman–Crippen LogP) is 7.68. The molecule has 5 rings (SSSR count). The number of methoxy groups -OCH3 is 2. The van der Waals surface area contributed by atoms with Gasteiger partial charge in [0.25, 0.3) is 0 Å². The zero-order valence-corrected chi connectivity index (χ0v) is 21.6. The highest BCUT2D eigenvalue weighted by molar-refractivity contribution is 7.80. The van der Waals surface area contributed by atoms with E-state index < -0.39 is 0 Å². The van der Waals surface area contributed by atoms with E-state index in [-0.39, 0.29) is 5.78 Å². The van der Waals surface area contributed by atoms with Crippen molar-refractivity contribution in [3.63, 3.8) is 0 Å². The van der Waals surface area contributed by atoms with Gasteiger partial charge in [-0.15, -0.1) is 24.0 Å². The fourth-order valence-electron chi connectivity index (χ4n) is 3.98. The molecule has 0 saturated carbocycles. The van der Waals surface area contributed by atoms with E-state index >= 15 is 0 Å². The van der Waals surface area contributed by atoms with E-state index in [1.807, 2.05) is 91.0 Å². The molecule has 0 bridgehead atoms. The topological polar surface area (TPSA) is 44.8 Å². The third kappa shape index (κ3) is 4.96. The highest BCUT2D eigenvalue weighted by Gasteiger charge is 2.22. The average Bonchev–Trinajstić information content (AvgIpc) is 3.31. The van der Waals surface area contributed by atoms with E-state index in [0.717, 1.165) is 42.5 Å². The summed E-state index contributed by atoms with van der Waals surface area (Å²) in [6, 6.07) is 28.7. The summed E-state index contributed by atoms with van der Waals surface area (Å²) < 4.78 is 17.6. The number of ketones is 1. The molecule has 180 valence electrons. The Morgan fingerprint density at radius 3 is 2.08 bits per heavy atom. The summed E-state index contributed by atoms with van der Waals surface area (Å²) in [5.41, 5.74) is 3.30. The molecule has 4 nitrogen and oxygen atoms in total. The largest absolute Gasteiger partial charge is 0.497 e. The zero-order valence-electron chi connectivity index (χ0n) is 19.9. The number of hydrogen-bond donors (Lipinski definition) is 1. The molecule has 0 amide bonds. The minimum Gasteiger partial charge on any atom is -0.497 e. The molecule has 1 aromatic heterocycles. The van der Waals surface area contributed by atoms with Crippen LogP contribution in [0.2, 0.25) is 0 Å². The van der Waals surface area contributed by atoms with Crippen LogP contribution in [-0.2, 0) is 6.61 Å². The van der Waals surface area contributed by atoms with Gasteiger partial charge in [-0.25, -0.2) is 0 Å². The molecule has 0 fully saturated rings. The zero-order chi connectivity index (χ0) is 25.1. The molecule has 0 atom stereocenters. The first kappa shape index (κ1) is 24.0. The van der Waals surface area contributed by atoms with Crippen molar-refractivity contribution in [2.75, 3.05) is 14.2 Å². The van der Waals surface area contributed by atoms with Gasteiger partial charge in [0.1, 0.15) is 23.9 Å². The van der Waals surface area contributed by atoms with Crippen molar-refractivity contribution >= 4 is 39.8 Å². The minimum atomic E-state index is -0.0341. The predicted molar refractivity (Wildman–Crippen MR) is 148 cm³/mol. The first-order valence-corrected chi connectivity index (χ1v) is 12.6. The van der Waals surface area contributed by atoms with Crippen molar-refractivity contribution in [2.45, 2.75) is 11.5 Å². The fraction of sp³-hybridized carbons (Fsp3) is 0.100. The van der Waals surface area contributed by atoms with Gasteiger partial charge < -0.3 is 14.2 Å². The van der Waals surface area contributed by atoms with Gasteiger partial charge in [-0.1, -0.05) is 12.1 Å². The van der Waals surface area contributed by atoms with E-state index in [9.17, 15) is 4.79 Å². The maximum atomic E-state index is 13.8. The molecular formula is C30H24O4S2. The van der Waals surface area contributed by atoms with Crippen LogP contribution >= 0.6 is 24.0 Å². The van der Waals surface area contributed by atoms with Crippen molar-refractivity contribution < 1.29 is 19.0 Å². The molecule has 0 aliphatic carbocycles. The maximum Gasteiger partial charge on any atom is 0.195 e. The van der Waals surface area contributed by atoms with Crippen molar-refractivity contribution in [1.29, 1.82) is 0 Å². The standard InChI is InChI=1S/C30H24O4S2/c1-32-22-9-7-21(8-10-22)30-28(26-16-13-24(33-2)17-27(26)36-30)29(31)20-5-11-23(12-6-20)34-18-19-3-14-25(35)15-4-19/h3-17,35H,18H2,1-2H3. The third-order valence-corrected chi connectivity index (χ3v) is 7.43. The highest BCUT2D eigenvalue weighted by atomic mass is 32.1. The number of benzene rings is 4. The normalized spacial score (nSPS) is 10.9. The van der Waals surface area contributed by atoms with E-state index in [2.05, 4.69) is 12.6 Å². The third-order valence-electron chi connectivity index (χ3n) is 5.93. The number of thiophene rings is 1. The van der Waals surface area contributed by atoms with Crippen molar-refractivity contribution in [3.8, 4) is 27.7 Å². The SMILES string of the molecule is COc1ccc(-c2sc3cc(OC)ccc3c2C(=O)c2ccc(OCc3ccc(S)cc3)cc2)cc1. The van der Waals surface area contributed by atoms with Gasteiger partial charge in [-0.2, -0.15) is 0 Å². The summed E-state index contributed by atoms with van der Waals surface area (Å²) in [6.45, 7) is 0.444. The average molecular weight is 513 g/mol. The summed E-state index contributed by atoms with van der Waals surface area (Å²) in [7, 11) is 3.28. The monoisotopic (exact) mass is 512 g/mol. The van der Waals surface area contributed by atoms with Crippen LogP contribution in [0.3, 0.4) is 0 Å². The van der Waals surface area contributed by atoms with Crippen LogP contribution in [0, 0.1) is 0 Å². The summed E-state index contributed by atoms with van der Waals surface area (Å²) in [4.78, 5) is 15.6. The Morgan fingerprint density at radius 1 is 0.778 bits per heavy atom. The summed E-state index contributed by atoms with van der Waals surface area (Å²) in [5.74, 6) is 2.20. The maximum absolute atomic E-state index is 13.8. The van der Waals surface area contributed by atoms with Gasteiger partial charge in [0.2, 0.25) is 0 Å². The molecule has 4 aromatic carbocycles. The lowest BCUT2D eigenvalue weighted by Crippen LogP contribution is -2.02. The van der Waals surface area contributed by atoms with Gasteiger partial charge in [0, 0.05) is 31.0 Å². The van der Waals surface area contributed by atoms with Gasteiger partial charge >= 0.3 is 0 Å². The van der Waals surface area contributed by atoms with E-state index in [1.165, 1.54) is 0 Å². The Hall–Kier alpha value is -3.74. The van der Waals surface area contributed by atoms with E-state index in [4.69, 9.17) is 14.2 Å². The fourth-order valence-corrected chi connectivity index (χ4v) is 5.36. The number of hydrogen-bond acceptors (Lipinski definition) is 6. The molecule has 1 heterocycles. The quantitative estimate of drug-likeness (QED) is 0.171. The molecule has 0 unspecified atom stereocenters. The van der Waals surface area contributed by atoms with Crippen molar-refractivity contribution in [2.24, 2.45) is 0 Å². The Morgan fingerprint density at radius 2 is 1.42 bits per heavy atom. The van der Waals surface area contributed by atoms with Crippen LogP contribution in [0.5, 0.6) is 17.2 Å². The summed E-state index contributed by atoms with van der Waals surface area (Å²) >= 11 is 5.89. The number of carbonyl (C=O) groups is 1. The molecule has 36 heavy (non-hydrogen) atoms. The van der Waals surface area contributed by atoms with Crippen LogP contribution in [0.15, 0.2) is 95.9 Å². The van der Waals surface area contributed by atoms with Crippen LogP contribution < -0.4 is 14.2 Å². The Kier molecular flexibility index (Phi) is 6.98. The smallest absolute Gasteiger partial charge is 0.195 e. The molecular weight excluding hydrogens is 488 g/mol. The molecule has 0 radical (unpaired) electrons. The lowest BCUT2D eigenvalue weighted by Gasteiger charge is -2.09. The minimum absolute atomic E-state index is 0.0341. The number of fused-ring (bicyclic) bond motifs is 1. The molecule has 0 aliphatic heterocycles. The number of carbonyl (C=O) groups excluding carboxylic acids is 1. The summed E-state index contributed by atoms with van der Waals surface area (Å²) in [5, 5.41) is 0.907. The Labute approximate surface area is 219 Å². The first-order chi connectivity index (χ1) is 17.6. The first-order valence-electron chi connectivity index (χ1n) is 11.4. The van der Waals surface area contributed by atoms with E-state index in [0.29, 0.717) is 23.5 Å². The Bertz CT molecular complexity index is 1500. The lowest BCUT2D eigenvalue weighted by molar-refractivity contribution is 0.104. The number of thiol groups is 1. The molecule has 0 aliphatic rings. The van der Waals surface area contributed by atoms with Crippen molar-refractivity contribution in [1.82, 2.24) is 0 Å². The van der Waals surface area contributed by atoms with Gasteiger partial charge in [0.05, 0.1) is 14.2 Å². The number of rotatable bonds is 8. The second-order valence-corrected chi connectivity index (χ2v) is 9.77. The number of ether oxygens (including phenoxy) is 3. The second-order valence-electron chi connectivity index (χ2n) is 8.21. The molecule has 0 spiro atoms. The van der Waals surface area contributed by atoms with Crippen LogP contribution in [0.1, 0.15) is 21.5 Å². The van der Waals surface area contributed by atoms with E-state index in [1.54, 1.807) is 25.6 Å². The molecule has 0 saturated heterocycles. The van der Waals surface area contributed by atoms with Crippen LogP contribution in [0.4, 0.5) is 0 Å². The van der Waals surface area contributed by atoms with Gasteiger partial charge in [0.15, 0.2) is 5.78 Å². The molecule has 0 N–H and O–H groups in total. The second kappa shape index (κ2) is 10.5.